The van der Waals surface area contributed by atoms with E-state index in [-0.39, 0.29) is 18.6 Å². The number of methoxy groups -OCH3 is 2. The monoisotopic (exact) mass is 279 g/mol. The Hall–Kier alpha value is -1.43. The molecule has 110 valence electrons. The molecule has 1 aliphatic rings. The van der Waals surface area contributed by atoms with Crippen LogP contribution in [0.2, 0.25) is 0 Å². The summed E-state index contributed by atoms with van der Waals surface area (Å²) >= 11 is 0. The average Bonchev–Trinajstić information content (AvgIpc) is 2.82. The van der Waals surface area contributed by atoms with E-state index in [9.17, 15) is 4.79 Å². The summed E-state index contributed by atoms with van der Waals surface area (Å²) in [5.74, 6) is -0.803. The molecule has 2 atom stereocenters. The Morgan fingerprint density at radius 2 is 1.65 bits per heavy atom. The van der Waals surface area contributed by atoms with Gasteiger partial charge >= 0.3 is 5.97 Å². The number of carboxylic acids is 1. The molecule has 1 fully saturated rings. The Balaban J connectivity index is 1.92. The SMILES string of the molecule is COC1CN(Cc2ccc(CC(=O)O)cc2)CC1OC. The summed E-state index contributed by atoms with van der Waals surface area (Å²) in [6, 6.07) is 7.72. The number of nitrogens with zero attached hydrogens (tertiary/aromatic N) is 1. The maximum Gasteiger partial charge on any atom is 0.307 e. The molecule has 1 saturated heterocycles. The quantitative estimate of drug-likeness (QED) is 0.847. The Morgan fingerprint density at radius 3 is 2.10 bits per heavy atom. The van der Waals surface area contributed by atoms with Crippen LogP contribution in [-0.4, -0.2) is 55.5 Å². The van der Waals surface area contributed by atoms with E-state index in [1.54, 1.807) is 14.2 Å². The van der Waals surface area contributed by atoms with Crippen molar-refractivity contribution in [3.8, 4) is 0 Å². The largest absolute Gasteiger partial charge is 0.481 e. The van der Waals surface area contributed by atoms with E-state index in [0.717, 1.165) is 25.2 Å². The van der Waals surface area contributed by atoms with Crippen molar-refractivity contribution >= 4 is 5.97 Å². The number of carbonyl (C=O) groups is 1. The second-order valence-corrected chi connectivity index (χ2v) is 5.13. The molecule has 0 amide bonds. The fraction of sp³-hybridized carbons (Fsp3) is 0.533. The highest BCUT2D eigenvalue weighted by Crippen LogP contribution is 2.18. The predicted octanol–water partition coefficient (Wildman–Crippen LogP) is 1.16. The Kier molecular flexibility index (Phi) is 5.11. The molecule has 5 nitrogen and oxygen atoms in total. The molecule has 0 aliphatic carbocycles. The molecule has 0 spiro atoms. The van der Waals surface area contributed by atoms with E-state index in [1.807, 2.05) is 24.3 Å². The van der Waals surface area contributed by atoms with Crippen molar-refractivity contribution < 1.29 is 19.4 Å². The summed E-state index contributed by atoms with van der Waals surface area (Å²) in [6.07, 6.45) is 0.305. The van der Waals surface area contributed by atoms with Crippen LogP contribution in [0.3, 0.4) is 0 Å². The Morgan fingerprint density at radius 1 is 1.15 bits per heavy atom. The number of benzene rings is 1. The molecular formula is C15H21NO4. The predicted molar refractivity (Wildman–Crippen MR) is 74.7 cm³/mol. The molecule has 1 aromatic carbocycles. The third kappa shape index (κ3) is 3.79. The van der Waals surface area contributed by atoms with E-state index < -0.39 is 5.97 Å². The number of hydrogen-bond acceptors (Lipinski definition) is 4. The molecule has 0 radical (unpaired) electrons. The third-order valence-electron chi connectivity index (χ3n) is 3.68. The fourth-order valence-electron chi connectivity index (χ4n) is 2.60. The van der Waals surface area contributed by atoms with E-state index in [4.69, 9.17) is 14.6 Å². The number of carboxylic acid groups (broad SMARTS) is 1. The van der Waals surface area contributed by atoms with Gasteiger partial charge in [0.15, 0.2) is 0 Å². The van der Waals surface area contributed by atoms with Gasteiger partial charge in [-0.3, -0.25) is 9.69 Å². The van der Waals surface area contributed by atoms with Crippen LogP contribution < -0.4 is 0 Å². The third-order valence-corrected chi connectivity index (χ3v) is 3.68. The van der Waals surface area contributed by atoms with Crippen molar-refractivity contribution in [2.24, 2.45) is 0 Å². The van der Waals surface area contributed by atoms with Gasteiger partial charge in [0, 0.05) is 33.9 Å². The first kappa shape index (κ1) is 15.0. The van der Waals surface area contributed by atoms with E-state index in [1.165, 1.54) is 5.56 Å². The summed E-state index contributed by atoms with van der Waals surface area (Å²) in [5, 5.41) is 8.74. The highest BCUT2D eigenvalue weighted by molar-refractivity contribution is 5.70. The highest BCUT2D eigenvalue weighted by atomic mass is 16.5. The normalized spacial score (nSPS) is 23.1. The van der Waals surface area contributed by atoms with Gasteiger partial charge in [0.05, 0.1) is 18.6 Å². The minimum absolute atomic E-state index is 0.0709. The molecule has 1 aromatic rings. The summed E-state index contributed by atoms with van der Waals surface area (Å²) in [7, 11) is 3.42. The molecule has 2 unspecified atom stereocenters. The van der Waals surface area contributed by atoms with Crippen LogP contribution in [-0.2, 0) is 27.2 Å². The van der Waals surface area contributed by atoms with Crippen LogP contribution in [0.25, 0.3) is 0 Å². The summed E-state index contributed by atoms with van der Waals surface area (Å²) in [6.45, 7) is 2.53. The molecule has 0 saturated carbocycles. The summed E-state index contributed by atoms with van der Waals surface area (Å²) in [5.41, 5.74) is 2.00. The van der Waals surface area contributed by atoms with E-state index in [0.29, 0.717) is 0 Å². The second kappa shape index (κ2) is 6.83. The van der Waals surface area contributed by atoms with Gasteiger partial charge in [-0.1, -0.05) is 24.3 Å². The zero-order valence-electron chi connectivity index (χ0n) is 11.9. The van der Waals surface area contributed by atoms with Gasteiger partial charge in [-0.15, -0.1) is 0 Å². The first-order valence-electron chi connectivity index (χ1n) is 6.70. The van der Waals surface area contributed by atoms with Gasteiger partial charge in [-0.2, -0.15) is 0 Å². The number of hydrogen-bond donors (Lipinski definition) is 1. The summed E-state index contributed by atoms with van der Waals surface area (Å²) < 4.78 is 10.8. The number of aliphatic carboxylic acids is 1. The number of likely N-dealkylation sites (tertiary alicyclic amines) is 1. The van der Waals surface area contributed by atoms with Crippen LogP contribution in [0, 0.1) is 0 Å². The molecule has 1 N–H and O–H groups in total. The van der Waals surface area contributed by atoms with E-state index >= 15 is 0 Å². The topological polar surface area (TPSA) is 59.0 Å². The first-order valence-corrected chi connectivity index (χ1v) is 6.70. The van der Waals surface area contributed by atoms with Crippen molar-refractivity contribution in [2.45, 2.75) is 25.2 Å². The first-order chi connectivity index (χ1) is 9.62. The molecule has 1 aliphatic heterocycles. The lowest BCUT2D eigenvalue weighted by Gasteiger charge is -2.15. The molecule has 5 heteroatoms. The molecule has 0 bridgehead atoms. The van der Waals surface area contributed by atoms with Gasteiger partial charge in [-0.25, -0.2) is 0 Å². The fourth-order valence-corrected chi connectivity index (χ4v) is 2.60. The number of rotatable bonds is 6. The smallest absolute Gasteiger partial charge is 0.307 e. The Bertz CT molecular complexity index is 434. The van der Waals surface area contributed by atoms with Gasteiger partial charge in [0.1, 0.15) is 0 Å². The van der Waals surface area contributed by atoms with Crippen LogP contribution in [0.5, 0.6) is 0 Å². The van der Waals surface area contributed by atoms with Gasteiger partial charge in [0.25, 0.3) is 0 Å². The van der Waals surface area contributed by atoms with Crippen LogP contribution >= 0.6 is 0 Å². The van der Waals surface area contributed by atoms with Crippen LogP contribution in [0.4, 0.5) is 0 Å². The van der Waals surface area contributed by atoms with Gasteiger partial charge < -0.3 is 14.6 Å². The minimum atomic E-state index is -0.803. The lowest BCUT2D eigenvalue weighted by Crippen LogP contribution is -2.27. The molecule has 20 heavy (non-hydrogen) atoms. The lowest BCUT2D eigenvalue weighted by molar-refractivity contribution is -0.136. The highest BCUT2D eigenvalue weighted by Gasteiger charge is 2.32. The maximum atomic E-state index is 10.6. The number of ether oxygens (including phenoxy) is 2. The summed E-state index contributed by atoms with van der Waals surface area (Å²) in [4.78, 5) is 12.9. The average molecular weight is 279 g/mol. The van der Waals surface area contributed by atoms with Crippen molar-refractivity contribution in [1.82, 2.24) is 4.90 Å². The molecule has 1 heterocycles. The van der Waals surface area contributed by atoms with Gasteiger partial charge in [-0.05, 0) is 11.1 Å². The zero-order chi connectivity index (χ0) is 14.5. The maximum absolute atomic E-state index is 10.6. The molecular weight excluding hydrogens is 258 g/mol. The molecule has 0 aromatic heterocycles. The zero-order valence-corrected chi connectivity index (χ0v) is 11.9. The minimum Gasteiger partial charge on any atom is -0.481 e. The van der Waals surface area contributed by atoms with E-state index in [2.05, 4.69) is 4.90 Å². The Labute approximate surface area is 119 Å². The van der Waals surface area contributed by atoms with Crippen LogP contribution in [0.1, 0.15) is 11.1 Å². The van der Waals surface area contributed by atoms with Crippen molar-refractivity contribution in [3.05, 3.63) is 35.4 Å². The van der Waals surface area contributed by atoms with Gasteiger partial charge in [0.2, 0.25) is 0 Å². The standard InChI is InChI=1S/C15H21NO4/c1-19-13-9-16(10-14(13)20-2)8-12-5-3-11(4-6-12)7-15(17)18/h3-6,13-14H,7-10H2,1-2H3,(H,17,18). The van der Waals surface area contributed by atoms with Crippen molar-refractivity contribution in [3.63, 3.8) is 0 Å². The molecule has 2 rings (SSSR count). The van der Waals surface area contributed by atoms with Crippen LogP contribution in [0.15, 0.2) is 24.3 Å². The second-order valence-electron chi connectivity index (χ2n) is 5.13. The van der Waals surface area contributed by atoms with Crippen molar-refractivity contribution in [1.29, 1.82) is 0 Å². The lowest BCUT2D eigenvalue weighted by atomic mass is 10.1. The van der Waals surface area contributed by atoms with Crippen molar-refractivity contribution in [2.75, 3.05) is 27.3 Å².